The molecule has 2 amide bonds. The molecule has 0 aliphatic carbocycles. The minimum absolute atomic E-state index is 0.0328. The standard InChI is InChI=1S/C23H26N2O4/c1-28-19-9-5-6-17(14-19)10-11-22(27)25-13-12-23(18-7-3-2-4-8-18)20(15-25)29-16-21(26)24-23/h2-9,14,20H,10-13,15-16H2,1H3,(H,24,26)/t20-,23+/m1/s1. The number of hydrogen-bond acceptors (Lipinski definition) is 4. The average molecular weight is 394 g/mol. The van der Waals surface area contributed by atoms with Gasteiger partial charge >= 0.3 is 0 Å². The van der Waals surface area contributed by atoms with E-state index in [0.717, 1.165) is 16.9 Å². The van der Waals surface area contributed by atoms with Crippen LogP contribution >= 0.6 is 0 Å². The van der Waals surface area contributed by atoms with Crippen molar-refractivity contribution in [3.63, 3.8) is 0 Å². The van der Waals surface area contributed by atoms with E-state index in [2.05, 4.69) is 5.32 Å². The first-order valence-corrected chi connectivity index (χ1v) is 9.99. The van der Waals surface area contributed by atoms with Crippen molar-refractivity contribution in [3.8, 4) is 5.75 Å². The highest BCUT2D eigenvalue weighted by molar-refractivity contribution is 5.80. The number of morpholine rings is 1. The Morgan fingerprint density at radius 2 is 2.07 bits per heavy atom. The van der Waals surface area contributed by atoms with Gasteiger partial charge in [0.05, 0.1) is 12.6 Å². The Morgan fingerprint density at radius 1 is 1.24 bits per heavy atom. The van der Waals surface area contributed by atoms with Crippen molar-refractivity contribution in [2.24, 2.45) is 0 Å². The number of amides is 2. The number of ether oxygens (including phenoxy) is 2. The number of hydrogen-bond donors (Lipinski definition) is 1. The third-order valence-corrected chi connectivity index (χ3v) is 5.89. The lowest BCUT2D eigenvalue weighted by Crippen LogP contribution is -2.67. The normalized spacial score (nSPS) is 23.8. The van der Waals surface area contributed by atoms with Gasteiger partial charge in [0, 0.05) is 19.5 Å². The summed E-state index contributed by atoms with van der Waals surface area (Å²) in [6, 6.07) is 17.7. The summed E-state index contributed by atoms with van der Waals surface area (Å²) in [5.74, 6) is 0.796. The van der Waals surface area contributed by atoms with E-state index in [4.69, 9.17) is 9.47 Å². The monoisotopic (exact) mass is 394 g/mol. The minimum atomic E-state index is -0.569. The number of nitrogens with one attached hydrogen (secondary N) is 1. The van der Waals surface area contributed by atoms with Gasteiger partial charge in [-0.15, -0.1) is 0 Å². The number of carbonyl (C=O) groups excluding carboxylic acids is 2. The van der Waals surface area contributed by atoms with Crippen molar-refractivity contribution in [2.45, 2.75) is 30.9 Å². The molecule has 6 nitrogen and oxygen atoms in total. The van der Waals surface area contributed by atoms with Gasteiger partial charge in [0.25, 0.3) is 0 Å². The molecule has 0 saturated carbocycles. The molecule has 0 unspecified atom stereocenters. The van der Waals surface area contributed by atoms with Crippen LogP contribution in [0.25, 0.3) is 0 Å². The first-order chi connectivity index (χ1) is 14.1. The molecule has 2 saturated heterocycles. The van der Waals surface area contributed by atoms with Crippen LogP contribution < -0.4 is 10.1 Å². The third kappa shape index (κ3) is 3.98. The molecule has 6 heteroatoms. The fourth-order valence-electron chi connectivity index (χ4n) is 4.32. The van der Waals surface area contributed by atoms with E-state index in [1.165, 1.54) is 0 Å². The van der Waals surface area contributed by atoms with Gasteiger partial charge in [-0.3, -0.25) is 9.59 Å². The predicted octanol–water partition coefficient (Wildman–Crippen LogP) is 2.27. The van der Waals surface area contributed by atoms with Crippen molar-refractivity contribution in [1.82, 2.24) is 10.2 Å². The van der Waals surface area contributed by atoms with E-state index in [-0.39, 0.29) is 24.5 Å². The van der Waals surface area contributed by atoms with Gasteiger partial charge in [-0.25, -0.2) is 0 Å². The van der Waals surface area contributed by atoms with Crippen LogP contribution in [0.1, 0.15) is 24.0 Å². The molecule has 2 aliphatic heterocycles. The van der Waals surface area contributed by atoms with Gasteiger partial charge < -0.3 is 19.7 Å². The van der Waals surface area contributed by atoms with Crippen LogP contribution in [0.3, 0.4) is 0 Å². The van der Waals surface area contributed by atoms with Crippen molar-refractivity contribution in [2.75, 3.05) is 26.8 Å². The number of piperidine rings is 1. The SMILES string of the molecule is COc1cccc(CCC(=O)N2CC[C@@]3(c4ccccc4)NC(=O)CO[C@@H]3C2)c1. The van der Waals surface area contributed by atoms with Gasteiger partial charge in [0.1, 0.15) is 18.5 Å². The van der Waals surface area contributed by atoms with Gasteiger partial charge in [0.15, 0.2) is 0 Å². The molecule has 0 spiro atoms. The Kier molecular flexibility index (Phi) is 5.53. The topological polar surface area (TPSA) is 67.9 Å². The van der Waals surface area contributed by atoms with Gasteiger partial charge in [-0.2, -0.15) is 0 Å². The molecule has 2 aromatic carbocycles. The summed E-state index contributed by atoms with van der Waals surface area (Å²) in [6.07, 6.45) is 1.48. The number of carbonyl (C=O) groups is 2. The Labute approximate surface area is 170 Å². The van der Waals surface area contributed by atoms with E-state index in [1.807, 2.05) is 59.5 Å². The summed E-state index contributed by atoms with van der Waals surface area (Å²) in [5.41, 5.74) is 1.54. The zero-order valence-corrected chi connectivity index (χ0v) is 16.6. The molecular formula is C23H26N2O4. The molecule has 2 aliphatic rings. The van der Waals surface area contributed by atoms with E-state index in [1.54, 1.807) is 7.11 Å². The first kappa shape index (κ1) is 19.5. The second-order valence-electron chi connectivity index (χ2n) is 7.63. The molecule has 0 aromatic heterocycles. The van der Waals surface area contributed by atoms with Crippen LogP contribution in [0.4, 0.5) is 0 Å². The van der Waals surface area contributed by atoms with Crippen molar-refractivity contribution in [1.29, 1.82) is 0 Å². The molecule has 2 heterocycles. The quantitative estimate of drug-likeness (QED) is 0.845. The first-order valence-electron chi connectivity index (χ1n) is 9.99. The van der Waals surface area contributed by atoms with Crippen molar-refractivity contribution < 1.29 is 19.1 Å². The zero-order valence-electron chi connectivity index (χ0n) is 16.6. The van der Waals surface area contributed by atoms with Crippen LogP contribution in [-0.4, -0.2) is 49.6 Å². The van der Waals surface area contributed by atoms with E-state index in [0.29, 0.717) is 32.4 Å². The lowest BCUT2D eigenvalue weighted by molar-refractivity contribution is -0.157. The molecule has 1 N–H and O–H groups in total. The van der Waals surface area contributed by atoms with Gasteiger partial charge in [-0.1, -0.05) is 42.5 Å². The summed E-state index contributed by atoms with van der Waals surface area (Å²) >= 11 is 0. The van der Waals surface area contributed by atoms with Crippen LogP contribution in [0.15, 0.2) is 54.6 Å². The Balaban J connectivity index is 1.44. The molecule has 152 valence electrons. The second kappa shape index (κ2) is 8.25. The summed E-state index contributed by atoms with van der Waals surface area (Å²) in [5, 5.41) is 3.16. The number of rotatable bonds is 5. The number of methoxy groups -OCH3 is 1. The highest BCUT2D eigenvalue weighted by Gasteiger charge is 2.49. The number of likely N-dealkylation sites (tertiary alicyclic amines) is 1. The largest absolute Gasteiger partial charge is 0.497 e. The molecule has 0 bridgehead atoms. The lowest BCUT2D eigenvalue weighted by atomic mass is 9.77. The molecular weight excluding hydrogens is 368 g/mol. The van der Waals surface area contributed by atoms with Crippen LogP contribution in [-0.2, 0) is 26.3 Å². The average Bonchev–Trinajstić information content (AvgIpc) is 2.77. The summed E-state index contributed by atoms with van der Waals surface area (Å²) in [4.78, 5) is 26.8. The van der Waals surface area contributed by atoms with Crippen LogP contribution in [0.2, 0.25) is 0 Å². The summed E-state index contributed by atoms with van der Waals surface area (Å²) < 4.78 is 11.2. The Morgan fingerprint density at radius 3 is 2.86 bits per heavy atom. The maximum absolute atomic E-state index is 12.9. The molecule has 2 fully saturated rings. The number of nitrogens with zero attached hydrogens (tertiary/aromatic N) is 1. The molecule has 0 radical (unpaired) electrons. The fourth-order valence-corrected chi connectivity index (χ4v) is 4.32. The highest BCUT2D eigenvalue weighted by atomic mass is 16.5. The Bertz CT molecular complexity index is 885. The zero-order chi connectivity index (χ0) is 20.3. The smallest absolute Gasteiger partial charge is 0.246 e. The maximum atomic E-state index is 12.9. The highest BCUT2D eigenvalue weighted by Crippen LogP contribution is 2.37. The van der Waals surface area contributed by atoms with Crippen LogP contribution in [0.5, 0.6) is 5.75 Å². The van der Waals surface area contributed by atoms with Crippen molar-refractivity contribution >= 4 is 11.8 Å². The number of benzene rings is 2. The van der Waals surface area contributed by atoms with E-state index in [9.17, 15) is 9.59 Å². The lowest BCUT2D eigenvalue weighted by Gasteiger charge is -2.50. The molecule has 4 rings (SSSR count). The van der Waals surface area contributed by atoms with Crippen LogP contribution in [0, 0.1) is 0 Å². The number of fused-ring (bicyclic) bond motifs is 1. The number of aryl methyl sites for hydroxylation is 1. The Hall–Kier alpha value is -2.86. The summed E-state index contributed by atoms with van der Waals surface area (Å²) in [6.45, 7) is 1.10. The molecule has 2 atom stereocenters. The minimum Gasteiger partial charge on any atom is -0.497 e. The molecule has 29 heavy (non-hydrogen) atoms. The molecule has 2 aromatic rings. The van der Waals surface area contributed by atoms with Gasteiger partial charge in [0.2, 0.25) is 11.8 Å². The summed E-state index contributed by atoms with van der Waals surface area (Å²) in [7, 11) is 1.64. The second-order valence-corrected chi connectivity index (χ2v) is 7.63. The predicted molar refractivity (Wildman–Crippen MR) is 109 cm³/mol. The third-order valence-electron chi connectivity index (χ3n) is 5.89. The maximum Gasteiger partial charge on any atom is 0.246 e. The van der Waals surface area contributed by atoms with Gasteiger partial charge in [-0.05, 0) is 36.1 Å². The van der Waals surface area contributed by atoms with E-state index < -0.39 is 5.54 Å². The van der Waals surface area contributed by atoms with E-state index >= 15 is 0 Å². The fraction of sp³-hybridized carbons (Fsp3) is 0.391. The van der Waals surface area contributed by atoms with Crippen molar-refractivity contribution in [3.05, 3.63) is 65.7 Å².